The average Bonchev–Trinajstić information content (AvgIpc) is 3.06. The van der Waals surface area contributed by atoms with Crippen LogP contribution >= 0.6 is 12.4 Å². The van der Waals surface area contributed by atoms with Gasteiger partial charge in [-0.25, -0.2) is 0 Å². The van der Waals surface area contributed by atoms with E-state index in [4.69, 9.17) is 0 Å². The van der Waals surface area contributed by atoms with Crippen LogP contribution in [-0.4, -0.2) is 109 Å². The Kier molecular flexibility index (Phi) is 33.5. The van der Waals surface area contributed by atoms with Crippen LogP contribution in [0, 0.1) is 0 Å². The minimum atomic E-state index is -1.04. The number of carbonyl (C=O) groups is 5. The molecule has 4 amide bonds. The fourth-order valence-electron chi connectivity index (χ4n) is 5.90. The molecule has 0 aliphatic carbocycles. The quantitative estimate of drug-likeness (QED) is 0.0650. The van der Waals surface area contributed by atoms with E-state index in [0.29, 0.717) is 13.1 Å². The molecular weight excluding hydrogens is 658 g/mol. The van der Waals surface area contributed by atoms with E-state index in [1.165, 1.54) is 114 Å². The maximum atomic E-state index is 13.9. The molecule has 0 radical (unpaired) electrons. The van der Waals surface area contributed by atoms with Gasteiger partial charge in [-0.15, -0.1) is 12.4 Å². The van der Waals surface area contributed by atoms with E-state index in [9.17, 15) is 29.1 Å². The zero-order valence-electron chi connectivity index (χ0n) is 32.4. The summed E-state index contributed by atoms with van der Waals surface area (Å²) in [6, 6.07) is -0.988. The van der Waals surface area contributed by atoms with Crippen molar-refractivity contribution in [2.45, 2.75) is 161 Å². The van der Waals surface area contributed by atoms with Gasteiger partial charge in [0, 0.05) is 33.6 Å². The third-order valence-electron chi connectivity index (χ3n) is 9.09. The fourth-order valence-corrected chi connectivity index (χ4v) is 5.90. The van der Waals surface area contributed by atoms with Gasteiger partial charge in [-0.05, 0) is 26.3 Å². The second kappa shape index (κ2) is 33.7. The normalized spacial score (nSPS) is 11.4. The number of rotatable bonds is 33. The number of unbranched alkanes of at least 4 members (excludes halogenated alkanes) is 18. The lowest BCUT2D eigenvalue weighted by atomic mass is 10.0. The Morgan fingerprint density at radius 3 is 1.40 bits per heavy atom. The summed E-state index contributed by atoms with van der Waals surface area (Å²) in [5, 5.41) is 14.9. The van der Waals surface area contributed by atoms with Crippen molar-refractivity contribution in [3.8, 4) is 0 Å². The monoisotopic (exact) mass is 732 g/mol. The highest BCUT2D eigenvalue weighted by Crippen LogP contribution is 2.14. The Bertz CT molecular complexity index is 885. The van der Waals surface area contributed by atoms with Crippen molar-refractivity contribution in [2.75, 3.05) is 53.9 Å². The van der Waals surface area contributed by atoms with E-state index < -0.39 is 23.8 Å². The van der Waals surface area contributed by atoms with Crippen LogP contribution < -0.4 is 10.6 Å². The Balaban J connectivity index is 0. The fraction of sp³-hybridized carbons (Fsp3) is 0.868. The predicted molar refractivity (Wildman–Crippen MR) is 206 cm³/mol. The number of aliphatic carboxylic acids is 1. The van der Waals surface area contributed by atoms with Gasteiger partial charge in [0.2, 0.25) is 23.6 Å². The van der Waals surface area contributed by atoms with Gasteiger partial charge in [-0.3, -0.25) is 24.0 Å². The summed E-state index contributed by atoms with van der Waals surface area (Å²) in [6.45, 7) is 5.23. The molecule has 1 atom stereocenters. The Hall–Kier alpha value is -2.40. The standard InChI is InChI=1S/C38H73N5O6.ClH/c1-6-8-10-12-14-16-18-20-22-24-28-43(29-25-23-21-19-17-15-13-11-9-7-2)38(49)33(26-27-37(47)48)40-34(44)31-41(4)36(46)32-42(5)35(45)30-39-3;/h33,39H,6-32H2,1-5H3,(H,40,44)(H,47,48);1H/t33-;/m0./s1. The van der Waals surface area contributed by atoms with Gasteiger partial charge in [-0.2, -0.15) is 0 Å². The molecule has 0 heterocycles. The van der Waals surface area contributed by atoms with Crippen LogP contribution in [0.4, 0.5) is 0 Å². The molecule has 0 unspecified atom stereocenters. The first-order chi connectivity index (χ1) is 23.6. The molecule has 0 aromatic heterocycles. The molecule has 0 rings (SSSR count). The van der Waals surface area contributed by atoms with Crippen LogP contribution in [0.1, 0.15) is 155 Å². The molecule has 0 fully saturated rings. The Morgan fingerprint density at radius 2 is 1.00 bits per heavy atom. The summed E-state index contributed by atoms with van der Waals surface area (Å²) in [7, 11) is 4.63. The van der Waals surface area contributed by atoms with Crippen molar-refractivity contribution in [1.29, 1.82) is 0 Å². The van der Waals surface area contributed by atoms with E-state index in [1.54, 1.807) is 7.05 Å². The highest BCUT2D eigenvalue weighted by atomic mass is 35.5. The van der Waals surface area contributed by atoms with E-state index in [0.717, 1.165) is 38.5 Å². The van der Waals surface area contributed by atoms with Crippen LogP contribution in [0.5, 0.6) is 0 Å². The molecule has 0 saturated carbocycles. The van der Waals surface area contributed by atoms with Gasteiger partial charge in [0.1, 0.15) is 6.04 Å². The van der Waals surface area contributed by atoms with Crippen molar-refractivity contribution in [3.05, 3.63) is 0 Å². The summed E-state index contributed by atoms with van der Waals surface area (Å²) < 4.78 is 0. The van der Waals surface area contributed by atoms with Gasteiger partial charge in [0.15, 0.2) is 0 Å². The number of likely N-dealkylation sites (N-methyl/N-ethyl adjacent to an activating group) is 3. The molecule has 0 spiro atoms. The van der Waals surface area contributed by atoms with Gasteiger partial charge in [0.25, 0.3) is 0 Å². The topological polar surface area (TPSA) is 139 Å². The van der Waals surface area contributed by atoms with Crippen LogP contribution in [0.3, 0.4) is 0 Å². The minimum Gasteiger partial charge on any atom is -0.481 e. The van der Waals surface area contributed by atoms with E-state index in [-0.39, 0.29) is 56.7 Å². The summed E-state index contributed by atoms with van der Waals surface area (Å²) in [5.41, 5.74) is 0. The number of carbonyl (C=O) groups excluding carboxylic acids is 4. The van der Waals surface area contributed by atoms with Crippen molar-refractivity contribution in [3.63, 3.8) is 0 Å². The van der Waals surface area contributed by atoms with Gasteiger partial charge in [0.05, 0.1) is 19.6 Å². The predicted octanol–water partition coefficient (Wildman–Crippen LogP) is 6.56. The molecule has 0 aromatic carbocycles. The van der Waals surface area contributed by atoms with Crippen LogP contribution in [0.2, 0.25) is 0 Å². The third-order valence-corrected chi connectivity index (χ3v) is 9.09. The number of hydrogen-bond donors (Lipinski definition) is 3. The molecule has 0 aromatic rings. The average molecular weight is 732 g/mol. The number of nitrogens with one attached hydrogen (secondary N) is 2. The molecule has 11 nitrogen and oxygen atoms in total. The van der Waals surface area contributed by atoms with Crippen molar-refractivity contribution < 1.29 is 29.1 Å². The Labute approximate surface area is 310 Å². The lowest BCUT2D eigenvalue weighted by molar-refractivity contribution is -0.141. The molecular formula is C38H74ClN5O6. The molecule has 294 valence electrons. The maximum absolute atomic E-state index is 13.9. The number of carboxylic acids is 1. The highest BCUT2D eigenvalue weighted by Gasteiger charge is 2.27. The zero-order valence-corrected chi connectivity index (χ0v) is 33.2. The smallest absolute Gasteiger partial charge is 0.303 e. The van der Waals surface area contributed by atoms with Crippen molar-refractivity contribution in [2.24, 2.45) is 0 Å². The second-order valence-electron chi connectivity index (χ2n) is 13.8. The van der Waals surface area contributed by atoms with Crippen LogP contribution in [0.25, 0.3) is 0 Å². The lowest BCUT2D eigenvalue weighted by Crippen LogP contribution is -2.52. The Morgan fingerprint density at radius 1 is 0.600 bits per heavy atom. The first-order valence-corrected chi connectivity index (χ1v) is 19.5. The number of hydrogen-bond acceptors (Lipinski definition) is 6. The van der Waals surface area contributed by atoms with Gasteiger partial charge in [-0.1, -0.05) is 129 Å². The maximum Gasteiger partial charge on any atom is 0.303 e. The summed E-state index contributed by atoms with van der Waals surface area (Å²) in [4.78, 5) is 67.4. The van der Waals surface area contributed by atoms with Crippen LogP contribution in [-0.2, 0) is 24.0 Å². The molecule has 0 aliphatic heterocycles. The van der Waals surface area contributed by atoms with Crippen molar-refractivity contribution >= 4 is 42.0 Å². The molecule has 12 heteroatoms. The highest BCUT2D eigenvalue weighted by molar-refractivity contribution is 5.91. The van der Waals surface area contributed by atoms with Crippen molar-refractivity contribution in [1.82, 2.24) is 25.3 Å². The molecule has 50 heavy (non-hydrogen) atoms. The second-order valence-corrected chi connectivity index (χ2v) is 13.8. The zero-order chi connectivity index (χ0) is 36.7. The molecule has 3 N–H and O–H groups in total. The van der Waals surface area contributed by atoms with E-state index in [2.05, 4.69) is 24.5 Å². The SMILES string of the molecule is CCCCCCCCCCCCN(CCCCCCCCCCCC)C(=O)[C@H](CCC(=O)O)NC(=O)CN(C)C(=O)CN(C)C(=O)CNC.Cl. The largest absolute Gasteiger partial charge is 0.481 e. The number of halogens is 1. The summed E-state index contributed by atoms with van der Waals surface area (Å²) in [5.74, 6) is -2.50. The van der Waals surface area contributed by atoms with E-state index >= 15 is 0 Å². The lowest BCUT2D eigenvalue weighted by Gasteiger charge is -2.29. The molecule has 0 aliphatic rings. The number of carboxylic acid groups (broad SMARTS) is 1. The summed E-state index contributed by atoms with van der Waals surface area (Å²) in [6.07, 6.45) is 23.6. The third kappa shape index (κ3) is 27.3. The number of nitrogens with zero attached hydrogens (tertiary/aromatic N) is 3. The number of amides is 4. The first kappa shape index (κ1) is 49.7. The molecule has 0 bridgehead atoms. The van der Waals surface area contributed by atoms with E-state index in [1.807, 2.05) is 4.90 Å². The molecule has 0 saturated heterocycles. The minimum absolute atomic E-state index is 0. The van der Waals surface area contributed by atoms with Gasteiger partial charge >= 0.3 is 5.97 Å². The summed E-state index contributed by atoms with van der Waals surface area (Å²) >= 11 is 0. The van der Waals surface area contributed by atoms with Gasteiger partial charge < -0.3 is 30.4 Å². The van der Waals surface area contributed by atoms with Crippen LogP contribution in [0.15, 0.2) is 0 Å². The first-order valence-electron chi connectivity index (χ1n) is 19.5.